The van der Waals surface area contributed by atoms with Gasteiger partial charge in [-0.2, -0.15) is 5.10 Å². The van der Waals surface area contributed by atoms with Crippen LogP contribution in [0, 0.1) is 12.7 Å². The van der Waals surface area contributed by atoms with Crippen molar-refractivity contribution in [2.75, 3.05) is 19.0 Å². The lowest BCUT2D eigenvalue weighted by Crippen LogP contribution is -2.38. The highest BCUT2D eigenvalue weighted by Crippen LogP contribution is 2.29. The molecule has 2 aromatic carbocycles. The van der Waals surface area contributed by atoms with Crippen LogP contribution in [0.2, 0.25) is 5.02 Å². The molecular weight excluding hydrogens is 415 g/mol. The standard InChI is InChI=1S/C24H28ClFN4O/c1-6-16(2)29(24(31)20-12-7-8-13-22(20)26)15-21-17(3)27-30(23(21)28(4)5)19-11-9-10-18(25)14-19/h7-14,16H,6,15H2,1-5H3. The summed E-state index contributed by atoms with van der Waals surface area (Å²) in [5.41, 5.74) is 2.63. The summed E-state index contributed by atoms with van der Waals surface area (Å²) < 4.78 is 16.2. The van der Waals surface area contributed by atoms with E-state index in [1.165, 1.54) is 12.1 Å². The number of amides is 1. The summed E-state index contributed by atoms with van der Waals surface area (Å²) in [5, 5.41) is 5.35. The molecule has 1 heterocycles. The summed E-state index contributed by atoms with van der Waals surface area (Å²) >= 11 is 6.20. The Hall–Kier alpha value is -2.86. The summed E-state index contributed by atoms with van der Waals surface area (Å²) in [5.74, 6) is 0.0152. The number of halogens is 2. The number of hydrogen-bond acceptors (Lipinski definition) is 3. The van der Waals surface area contributed by atoms with Crippen molar-refractivity contribution in [3.05, 3.63) is 76.2 Å². The van der Waals surface area contributed by atoms with Crippen LogP contribution < -0.4 is 4.90 Å². The van der Waals surface area contributed by atoms with E-state index < -0.39 is 5.82 Å². The smallest absolute Gasteiger partial charge is 0.257 e. The molecule has 0 saturated heterocycles. The molecule has 0 aliphatic rings. The molecule has 1 unspecified atom stereocenters. The zero-order chi connectivity index (χ0) is 22.7. The van der Waals surface area contributed by atoms with Crippen LogP contribution in [0.5, 0.6) is 0 Å². The molecule has 0 bridgehead atoms. The first-order valence-corrected chi connectivity index (χ1v) is 10.7. The van der Waals surface area contributed by atoms with Gasteiger partial charge < -0.3 is 9.80 Å². The second kappa shape index (κ2) is 9.52. The monoisotopic (exact) mass is 442 g/mol. The van der Waals surface area contributed by atoms with Crippen molar-refractivity contribution >= 4 is 23.3 Å². The average molecular weight is 443 g/mol. The van der Waals surface area contributed by atoms with E-state index >= 15 is 0 Å². The van der Waals surface area contributed by atoms with Crippen LogP contribution in [-0.2, 0) is 6.54 Å². The van der Waals surface area contributed by atoms with Crippen molar-refractivity contribution in [1.82, 2.24) is 14.7 Å². The first kappa shape index (κ1) is 22.8. The number of anilines is 1. The van der Waals surface area contributed by atoms with Gasteiger partial charge in [-0.15, -0.1) is 0 Å². The molecule has 3 rings (SSSR count). The zero-order valence-corrected chi connectivity index (χ0v) is 19.3. The number of benzene rings is 2. The predicted molar refractivity (Wildman–Crippen MR) is 124 cm³/mol. The van der Waals surface area contributed by atoms with Crippen LogP contribution in [0.1, 0.15) is 41.9 Å². The van der Waals surface area contributed by atoms with E-state index in [2.05, 4.69) is 0 Å². The van der Waals surface area contributed by atoms with E-state index in [9.17, 15) is 9.18 Å². The fraction of sp³-hybridized carbons (Fsp3) is 0.333. The Morgan fingerprint density at radius 3 is 2.52 bits per heavy atom. The molecule has 1 amide bonds. The maximum Gasteiger partial charge on any atom is 0.257 e. The largest absolute Gasteiger partial charge is 0.362 e. The third-order valence-corrected chi connectivity index (χ3v) is 5.69. The van der Waals surface area contributed by atoms with Gasteiger partial charge in [-0.1, -0.05) is 36.7 Å². The van der Waals surface area contributed by atoms with Crippen molar-refractivity contribution in [3.8, 4) is 5.69 Å². The van der Waals surface area contributed by atoms with Crippen LogP contribution in [0.25, 0.3) is 5.69 Å². The van der Waals surface area contributed by atoms with Gasteiger partial charge in [0.05, 0.1) is 23.5 Å². The minimum atomic E-state index is -0.514. The van der Waals surface area contributed by atoms with E-state index in [0.717, 1.165) is 29.2 Å². The lowest BCUT2D eigenvalue weighted by atomic mass is 10.1. The van der Waals surface area contributed by atoms with Gasteiger partial charge in [-0.25, -0.2) is 9.07 Å². The van der Waals surface area contributed by atoms with E-state index in [0.29, 0.717) is 11.6 Å². The first-order chi connectivity index (χ1) is 14.7. The third kappa shape index (κ3) is 4.74. The van der Waals surface area contributed by atoms with E-state index in [-0.39, 0.29) is 17.5 Å². The van der Waals surface area contributed by atoms with Crippen molar-refractivity contribution in [3.63, 3.8) is 0 Å². The van der Waals surface area contributed by atoms with Gasteiger partial charge in [0.25, 0.3) is 5.91 Å². The normalized spacial score (nSPS) is 12.0. The molecule has 164 valence electrons. The van der Waals surface area contributed by atoms with Gasteiger partial charge in [0.15, 0.2) is 0 Å². The molecule has 5 nitrogen and oxygen atoms in total. The Balaban J connectivity index is 2.08. The zero-order valence-electron chi connectivity index (χ0n) is 18.6. The Morgan fingerprint density at radius 1 is 1.19 bits per heavy atom. The molecule has 0 aliphatic heterocycles. The summed E-state index contributed by atoms with van der Waals surface area (Å²) in [6.07, 6.45) is 0.749. The maximum absolute atomic E-state index is 14.4. The van der Waals surface area contributed by atoms with Gasteiger partial charge in [-0.3, -0.25) is 4.79 Å². The Labute approximate surface area is 188 Å². The number of aromatic nitrogens is 2. The lowest BCUT2D eigenvalue weighted by Gasteiger charge is -2.30. The first-order valence-electron chi connectivity index (χ1n) is 10.3. The van der Waals surface area contributed by atoms with Crippen LogP contribution in [0.15, 0.2) is 48.5 Å². The topological polar surface area (TPSA) is 41.4 Å². The van der Waals surface area contributed by atoms with Gasteiger partial charge in [0.2, 0.25) is 0 Å². The molecule has 1 aromatic heterocycles. The van der Waals surface area contributed by atoms with Gasteiger partial charge in [0, 0.05) is 30.7 Å². The fourth-order valence-corrected chi connectivity index (χ4v) is 3.77. The van der Waals surface area contributed by atoms with Crippen LogP contribution in [0.3, 0.4) is 0 Å². The third-order valence-electron chi connectivity index (χ3n) is 5.45. The number of rotatable bonds is 7. The summed E-state index contributed by atoms with van der Waals surface area (Å²) in [7, 11) is 3.88. The quantitative estimate of drug-likeness (QED) is 0.486. The number of carbonyl (C=O) groups is 1. The molecule has 0 fully saturated rings. The van der Waals surface area contributed by atoms with Crippen molar-refractivity contribution in [2.45, 2.75) is 39.8 Å². The maximum atomic E-state index is 14.4. The lowest BCUT2D eigenvalue weighted by molar-refractivity contribution is 0.0667. The fourth-order valence-electron chi connectivity index (χ4n) is 3.59. The SMILES string of the molecule is CCC(C)N(Cc1c(C)nn(-c2cccc(Cl)c2)c1N(C)C)C(=O)c1ccccc1F. The number of aryl methyl sites for hydroxylation is 1. The molecule has 1 atom stereocenters. The molecule has 3 aromatic rings. The molecule has 0 saturated carbocycles. The highest BCUT2D eigenvalue weighted by molar-refractivity contribution is 6.30. The minimum Gasteiger partial charge on any atom is -0.362 e. The Kier molecular flexibility index (Phi) is 7.01. The second-order valence-corrected chi connectivity index (χ2v) is 8.28. The number of nitrogens with zero attached hydrogens (tertiary/aromatic N) is 4. The van der Waals surface area contributed by atoms with Crippen LogP contribution in [-0.4, -0.2) is 40.7 Å². The highest BCUT2D eigenvalue weighted by Gasteiger charge is 2.27. The van der Waals surface area contributed by atoms with Crippen molar-refractivity contribution in [1.29, 1.82) is 0 Å². The molecule has 0 spiro atoms. The minimum absolute atomic E-state index is 0.0731. The number of hydrogen-bond donors (Lipinski definition) is 0. The summed E-state index contributed by atoms with van der Waals surface area (Å²) in [4.78, 5) is 17.0. The molecule has 0 aliphatic carbocycles. The Morgan fingerprint density at radius 2 is 1.90 bits per heavy atom. The predicted octanol–water partition coefficient (Wildman–Crippen LogP) is 5.48. The van der Waals surface area contributed by atoms with Crippen molar-refractivity contribution in [2.24, 2.45) is 0 Å². The van der Waals surface area contributed by atoms with E-state index in [1.54, 1.807) is 17.0 Å². The summed E-state index contributed by atoms with van der Waals surface area (Å²) in [6, 6.07) is 13.5. The van der Waals surface area contributed by atoms with Gasteiger partial charge in [-0.05, 0) is 50.6 Å². The molecular formula is C24H28ClFN4O. The molecule has 0 radical (unpaired) electrons. The van der Waals surface area contributed by atoms with Crippen molar-refractivity contribution < 1.29 is 9.18 Å². The summed E-state index contributed by atoms with van der Waals surface area (Å²) in [6.45, 7) is 6.24. The van der Waals surface area contributed by atoms with E-state index in [4.69, 9.17) is 16.7 Å². The van der Waals surface area contributed by atoms with Crippen LogP contribution >= 0.6 is 11.6 Å². The van der Waals surface area contributed by atoms with Gasteiger partial charge >= 0.3 is 0 Å². The molecule has 0 N–H and O–H groups in total. The number of carbonyl (C=O) groups excluding carboxylic acids is 1. The molecule has 31 heavy (non-hydrogen) atoms. The van der Waals surface area contributed by atoms with Gasteiger partial charge in [0.1, 0.15) is 11.6 Å². The second-order valence-electron chi connectivity index (χ2n) is 7.84. The van der Waals surface area contributed by atoms with E-state index in [1.807, 2.05) is 68.7 Å². The van der Waals surface area contributed by atoms with Crippen LogP contribution in [0.4, 0.5) is 10.2 Å². The molecule has 7 heteroatoms. The average Bonchev–Trinajstić information content (AvgIpc) is 3.07. The Bertz CT molecular complexity index is 1080. The highest BCUT2D eigenvalue weighted by atomic mass is 35.5.